The predicted molar refractivity (Wildman–Crippen MR) is 115 cm³/mol. The number of nitrogens with zero attached hydrogens (tertiary/aromatic N) is 4. The summed E-state index contributed by atoms with van der Waals surface area (Å²) in [6.45, 7) is 6.38. The molecule has 1 amide bonds. The molecule has 9 nitrogen and oxygen atoms in total. The predicted octanol–water partition coefficient (Wildman–Crippen LogP) is 3.16. The molecule has 0 radical (unpaired) electrons. The Bertz CT molecular complexity index is 1140. The van der Waals surface area contributed by atoms with Crippen LogP contribution >= 0.6 is 0 Å². The minimum Gasteiger partial charge on any atom is -0.463 e. The van der Waals surface area contributed by atoms with Gasteiger partial charge in [-0.2, -0.15) is 0 Å². The molecule has 1 unspecified atom stereocenters. The molecule has 3 rings (SSSR count). The molecule has 1 aromatic heterocycles. The summed E-state index contributed by atoms with van der Waals surface area (Å²) in [6.07, 6.45) is -0.865. The molecule has 2 aromatic rings. The number of carbonyl (C=O) groups is 1. The summed E-state index contributed by atoms with van der Waals surface area (Å²) < 4.78 is 57.0. The third-order valence-corrected chi connectivity index (χ3v) is 7.57. The Morgan fingerprint density at radius 2 is 2.00 bits per heavy atom. The van der Waals surface area contributed by atoms with Gasteiger partial charge in [0.1, 0.15) is 16.3 Å². The number of benzene rings is 1. The molecule has 1 aliphatic rings. The van der Waals surface area contributed by atoms with Crippen molar-refractivity contribution in [3.63, 3.8) is 0 Å². The molecule has 0 saturated carbocycles. The first-order valence-corrected chi connectivity index (χ1v) is 11.6. The van der Waals surface area contributed by atoms with Gasteiger partial charge in [-0.3, -0.25) is 0 Å². The Morgan fingerprint density at radius 1 is 1.31 bits per heavy atom. The average molecular weight is 470 g/mol. The second-order valence-corrected chi connectivity index (χ2v) is 10.6. The number of halogens is 2. The van der Waals surface area contributed by atoms with Crippen LogP contribution in [0.15, 0.2) is 24.3 Å². The van der Waals surface area contributed by atoms with Gasteiger partial charge in [0.25, 0.3) is 0 Å². The van der Waals surface area contributed by atoms with Crippen LogP contribution in [0.5, 0.6) is 0 Å². The molecular weight excluding hydrogens is 446 g/mol. The lowest BCUT2D eigenvalue weighted by Crippen LogP contribution is -2.44. The Hall–Kier alpha value is -2.86. The van der Waals surface area contributed by atoms with Gasteiger partial charge in [-0.1, -0.05) is 4.48 Å². The van der Waals surface area contributed by atoms with Crippen molar-refractivity contribution in [2.75, 3.05) is 36.0 Å². The summed E-state index contributed by atoms with van der Waals surface area (Å²) >= 11 is 0. The van der Waals surface area contributed by atoms with E-state index >= 15 is 0 Å². The van der Waals surface area contributed by atoms with Crippen LogP contribution in [0.25, 0.3) is 11.4 Å². The van der Waals surface area contributed by atoms with Gasteiger partial charge in [0, 0.05) is 24.4 Å². The van der Waals surface area contributed by atoms with E-state index in [1.807, 2.05) is 11.8 Å². The number of hydrogen-bond acceptors (Lipinski definition) is 7. The van der Waals surface area contributed by atoms with E-state index in [0.717, 1.165) is 18.4 Å². The van der Waals surface area contributed by atoms with Crippen molar-refractivity contribution in [2.45, 2.75) is 31.6 Å². The highest BCUT2D eigenvalue weighted by Crippen LogP contribution is 2.33. The number of rotatable bonds is 5. The van der Waals surface area contributed by atoms with Crippen molar-refractivity contribution in [3.8, 4) is 11.4 Å². The first-order valence-electron chi connectivity index (χ1n) is 9.75. The minimum atomic E-state index is -3.58. The van der Waals surface area contributed by atoms with E-state index in [2.05, 4.69) is 9.97 Å². The molecule has 174 valence electrons. The molecule has 1 N–H and O–H groups in total. The lowest BCUT2D eigenvalue weighted by atomic mass is 10.1. The summed E-state index contributed by atoms with van der Waals surface area (Å²) in [5.41, 5.74) is -0.435. The van der Waals surface area contributed by atoms with Crippen LogP contribution in [0, 0.1) is 5.82 Å². The van der Waals surface area contributed by atoms with Gasteiger partial charge in [0.2, 0.25) is 0 Å². The van der Waals surface area contributed by atoms with Crippen LogP contribution in [0.1, 0.15) is 26.5 Å². The molecular formula is C20H24F2N4O5S. The Balaban J connectivity index is 2.17. The van der Waals surface area contributed by atoms with Crippen LogP contribution < -0.4 is 10.0 Å². The molecule has 0 bridgehead atoms. The van der Waals surface area contributed by atoms with E-state index in [4.69, 9.17) is 9.84 Å². The van der Waals surface area contributed by atoms with E-state index in [9.17, 15) is 22.1 Å². The van der Waals surface area contributed by atoms with Crippen molar-refractivity contribution in [2.24, 2.45) is 0 Å². The lowest BCUT2D eigenvalue weighted by Gasteiger charge is -2.35. The fourth-order valence-corrected chi connectivity index (χ4v) is 3.67. The van der Waals surface area contributed by atoms with E-state index in [-0.39, 0.29) is 23.1 Å². The van der Waals surface area contributed by atoms with Crippen molar-refractivity contribution >= 4 is 27.4 Å². The van der Waals surface area contributed by atoms with Crippen molar-refractivity contribution in [1.29, 1.82) is 0 Å². The summed E-state index contributed by atoms with van der Waals surface area (Å²) in [4.78, 5) is 21.6. The normalized spacial score (nSPS) is 17.3. The number of anilines is 2. The van der Waals surface area contributed by atoms with Crippen LogP contribution in [0.2, 0.25) is 0 Å². The number of hydrogen-bond donors (Lipinski definition) is 1. The molecule has 2 heterocycles. The zero-order valence-electron chi connectivity index (χ0n) is 18.0. The largest absolute Gasteiger partial charge is 0.463 e. The summed E-state index contributed by atoms with van der Waals surface area (Å²) in [5, 5.41) is 8.01. The van der Waals surface area contributed by atoms with Crippen LogP contribution in [-0.4, -0.2) is 61.6 Å². The van der Waals surface area contributed by atoms with Crippen molar-refractivity contribution in [1.82, 2.24) is 9.97 Å². The van der Waals surface area contributed by atoms with Gasteiger partial charge in [-0.15, -0.1) is 5.12 Å². The Labute approximate surface area is 184 Å². The fraction of sp³-hybridized carbons (Fsp3) is 0.450. The van der Waals surface area contributed by atoms with Gasteiger partial charge in [0.15, 0.2) is 21.5 Å². The van der Waals surface area contributed by atoms with Crippen molar-refractivity contribution in [3.05, 3.63) is 35.8 Å². The number of morpholine rings is 1. The maximum atomic E-state index is 14.5. The number of aromatic nitrogens is 2. The number of carboxylic acid groups (broad SMARTS) is 1. The zero-order valence-corrected chi connectivity index (χ0v) is 18.9. The standard InChI is InChI=1S/C20H24F2N4O5S/c1-12-11-31-8-7-25(12)17-10-16(20(2,3)32(4,29)30)23-18(24-17)13-5-6-15(14(21)9-13)26(22)19(27)28/h5-6,9-10,12H,7-8,11H2,1-4H3,(H,27,28). The van der Waals surface area contributed by atoms with Gasteiger partial charge in [0.05, 0.1) is 24.9 Å². The monoisotopic (exact) mass is 470 g/mol. The highest BCUT2D eigenvalue weighted by molar-refractivity contribution is 7.91. The smallest absolute Gasteiger partial charge is 0.440 e. The van der Waals surface area contributed by atoms with Gasteiger partial charge >= 0.3 is 6.09 Å². The second-order valence-electron chi connectivity index (χ2n) is 8.06. The van der Waals surface area contributed by atoms with Crippen LogP contribution in [0.4, 0.5) is 25.2 Å². The summed E-state index contributed by atoms with van der Waals surface area (Å²) in [7, 11) is -3.58. The van der Waals surface area contributed by atoms with Crippen LogP contribution in [0.3, 0.4) is 0 Å². The maximum Gasteiger partial charge on any atom is 0.440 e. The highest BCUT2D eigenvalue weighted by atomic mass is 32.2. The molecule has 0 spiro atoms. The van der Waals surface area contributed by atoms with E-state index < -0.39 is 37.3 Å². The third-order valence-electron chi connectivity index (χ3n) is 5.50. The van der Waals surface area contributed by atoms with Crippen molar-refractivity contribution < 1.29 is 31.9 Å². The average Bonchev–Trinajstić information content (AvgIpc) is 2.72. The Kier molecular flexibility index (Phi) is 6.38. The fourth-order valence-electron chi connectivity index (χ4n) is 3.18. The molecule has 32 heavy (non-hydrogen) atoms. The third kappa shape index (κ3) is 4.51. The molecule has 1 atom stereocenters. The highest BCUT2D eigenvalue weighted by Gasteiger charge is 2.36. The van der Waals surface area contributed by atoms with E-state index in [0.29, 0.717) is 25.6 Å². The summed E-state index contributed by atoms with van der Waals surface area (Å²) in [6, 6.07) is 4.67. The summed E-state index contributed by atoms with van der Waals surface area (Å²) in [5.74, 6) is -0.663. The Morgan fingerprint density at radius 3 is 2.56 bits per heavy atom. The zero-order chi connectivity index (χ0) is 23.8. The molecule has 12 heteroatoms. The van der Waals surface area contributed by atoms with E-state index in [1.165, 1.54) is 19.9 Å². The topological polar surface area (TPSA) is 113 Å². The second kappa shape index (κ2) is 8.58. The molecule has 1 aromatic carbocycles. The molecule has 1 fully saturated rings. The first-order chi connectivity index (χ1) is 14.8. The number of sulfone groups is 1. The van der Waals surface area contributed by atoms with Gasteiger partial charge < -0.3 is 14.7 Å². The van der Waals surface area contributed by atoms with E-state index in [1.54, 1.807) is 6.07 Å². The maximum absolute atomic E-state index is 14.5. The SMILES string of the molecule is CC1COCCN1c1cc(C(C)(C)S(C)(=O)=O)nc(-c2ccc(N(F)C(=O)O)c(F)c2)n1. The van der Waals surface area contributed by atoms with Crippen LogP contribution in [-0.2, 0) is 19.3 Å². The molecule has 1 aliphatic heterocycles. The quantitative estimate of drug-likeness (QED) is 0.663. The van der Waals surface area contributed by atoms with Gasteiger partial charge in [-0.05, 0) is 39.0 Å². The number of ether oxygens (including phenoxy) is 1. The molecule has 0 aliphatic carbocycles. The van der Waals surface area contributed by atoms with Gasteiger partial charge in [-0.25, -0.2) is 27.6 Å². The number of amides is 1. The molecule has 1 saturated heterocycles. The minimum absolute atomic E-state index is 0.0269. The first kappa shape index (κ1) is 23.8. The lowest BCUT2D eigenvalue weighted by molar-refractivity contribution is 0.0985.